The van der Waals surface area contributed by atoms with Crippen molar-refractivity contribution >= 4 is 27.6 Å². The minimum Gasteiger partial charge on any atom is -0.486 e. The number of para-hydroxylation sites is 1. The van der Waals surface area contributed by atoms with Gasteiger partial charge < -0.3 is 14.2 Å². The molecule has 0 bridgehead atoms. The fourth-order valence-electron chi connectivity index (χ4n) is 4.63. The van der Waals surface area contributed by atoms with E-state index < -0.39 is 20.6 Å². The maximum absolute atomic E-state index is 13.0. The Balaban J connectivity index is 1.31. The lowest BCUT2D eigenvalue weighted by Gasteiger charge is -2.26. The summed E-state index contributed by atoms with van der Waals surface area (Å²) in [6.45, 7) is 1.82. The van der Waals surface area contributed by atoms with Crippen LogP contribution in [0.4, 0.5) is 11.4 Å². The summed E-state index contributed by atoms with van der Waals surface area (Å²) in [5, 5.41) is 20.9. The number of ether oxygens (including phenoxy) is 3. The van der Waals surface area contributed by atoms with E-state index in [-0.39, 0.29) is 36.9 Å². The molecule has 6 rings (SSSR count). The quantitative estimate of drug-likeness (QED) is 0.184. The number of nitrogens with one attached hydrogen (secondary N) is 1. The van der Waals surface area contributed by atoms with E-state index in [1.54, 1.807) is 10.9 Å². The number of aromatic nitrogens is 2. The highest BCUT2D eigenvalue weighted by atomic mass is 32.2. The minimum atomic E-state index is -3.91. The third kappa shape index (κ3) is 5.54. The fraction of sp³-hybridized carbons (Fsp3) is 0.214. The van der Waals surface area contributed by atoms with Crippen LogP contribution < -0.4 is 14.9 Å². The predicted molar refractivity (Wildman–Crippen MR) is 154 cm³/mol. The number of anilines is 1. The average molecular weight is 591 g/mol. The van der Waals surface area contributed by atoms with Gasteiger partial charge in [-0.15, -0.1) is 0 Å². The van der Waals surface area contributed by atoms with Gasteiger partial charge in [-0.3, -0.25) is 15.5 Å². The number of fused-ring (bicyclic) bond motifs is 1. The van der Waals surface area contributed by atoms with Crippen molar-refractivity contribution < 1.29 is 27.6 Å². The molecule has 1 aromatic heterocycles. The predicted octanol–water partition coefficient (Wildman–Crippen LogP) is 3.69. The van der Waals surface area contributed by atoms with Crippen LogP contribution in [0.3, 0.4) is 0 Å². The second-order valence-corrected chi connectivity index (χ2v) is 11.3. The number of nitrogens with zero attached hydrogens (tertiary/aromatic N) is 5. The molecule has 2 aliphatic heterocycles. The van der Waals surface area contributed by atoms with E-state index in [1.165, 1.54) is 22.7 Å². The zero-order valence-electron chi connectivity index (χ0n) is 22.3. The van der Waals surface area contributed by atoms with Crippen molar-refractivity contribution in [1.82, 2.24) is 14.1 Å². The summed E-state index contributed by atoms with van der Waals surface area (Å²) in [5.41, 5.74) is 5.12. The number of hydrazone groups is 1. The van der Waals surface area contributed by atoms with Crippen LogP contribution in [0.2, 0.25) is 0 Å². The zero-order chi connectivity index (χ0) is 29.1. The second kappa shape index (κ2) is 11.6. The molecule has 0 unspecified atom stereocenters. The average Bonchev–Trinajstić information content (AvgIpc) is 3.46. The van der Waals surface area contributed by atoms with Gasteiger partial charge in [-0.05, 0) is 42.5 Å². The minimum absolute atomic E-state index is 0.0357. The SMILES string of the molecule is O=[N+]([O-])c1cc(S(=O)(=O)N2CCOCC2)ccc1N/N=C\c1cn(-c2ccccc2)nc1-c1ccc2c(c1)OCCO2. The van der Waals surface area contributed by atoms with Crippen molar-refractivity contribution in [3.05, 3.63) is 88.6 Å². The van der Waals surface area contributed by atoms with Gasteiger partial charge in [-0.2, -0.15) is 14.5 Å². The molecular formula is C28H26N6O7S. The Morgan fingerprint density at radius 2 is 1.71 bits per heavy atom. The molecular weight excluding hydrogens is 564 g/mol. The molecule has 1 fully saturated rings. The first-order valence-electron chi connectivity index (χ1n) is 13.1. The van der Waals surface area contributed by atoms with Gasteiger partial charge in [0.15, 0.2) is 11.5 Å². The second-order valence-electron chi connectivity index (χ2n) is 9.39. The Hall–Kier alpha value is -4.79. The number of rotatable bonds is 8. The summed E-state index contributed by atoms with van der Waals surface area (Å²) in [6.07, 6.45) is 3.29. The van der Waals surface area contributed by atoms with Gasteiger partial charge in [0.25, 0.3) is 5.69 Å². The van der Waals surface area contributed by atoms with E-state index in [0.29, 0.717) is 36.0 Å². The van der Waals surface area contributed by atoms with E-state index in [2.05, 4.69) is 10.5 Å². The summed E-state index contributed by atoms with van der Waals surface area (Å²) in [4.78, 5) is 11.1. The summed E-state index contributed by atoms with van der Waals surface area (Å²) < 4.78 is 45.6. The van der Waals surface area contributed by atoms with E-state index in [9.17, 15) is 18.5 Å². The largest absolute Gasteiger partial charge is 0.486 e. The summed E-state index contributed by atoms with van der Waals surface area (Å²) >= 11 is 0. The molecule has 1 N–H and O–H groups in total. The van der Waals surface area contributed by atoms with Crippen LogP contribution in [0.25, 0.3) is 16.9 Å². The molecule has 0 amide bonds. The van der Waals surface area contributed by atoms with Crippen LogP contribution in [-0.4, -0.2) is 73.2 Å². The van der Waals surface area contributed by atoms with Crippen LogP contribution >= 0.6 is 0 Å². The first-order chi connectivity index (χ1) is 20.4. The van der Waals surface area contributed by atoms with Crippen LogP contribution in [-0.2, 0) is 14.8 Å². The van der Waals surface area contributed by atoms with Gasteiger partial charge in [0.1, 0.15) is 24.6 Å². The molecule has 1 saturated heterocycles. The molecule has 13 nitrogen and oxygen atoms in total. The van der Waals surface area contributed by atoms with Crippen molar-refractivity contribution in [2.24, 2.45) is 5.10 Å². The molecule has 0 atom stereocenters. The Labute approximate surface area is 241 Å². The van der Waals surface area contributed by atoms with Crippen molar-refractivity contribution in [3.63, 3.8) is 0 Å². The summed E-state index contributed by atoms with van der Waals surface area (Å²) in [6, 6.07) is 18.8. The van der Waals surface area contributed by atoms with E-state index in [4.69, 9.17) is 19.3 Å². The van der Waals surface area contributed by atoms with Gasteiger partial charge in [0, 0.05) is 36.5 Å². The first-order valence-corrected chi connectivity index (χ1v) is 14.5. The van der Waals surface area contributed by atoms with Crippen molar-refractivity contribution in [3.8, 4) is 28.4 Å². The highest BCUT2D eigenvalue weighted by molar-refractivity contribution is 7.89. The topological polar surface area (TPSA) is 150 Å². The van der Waals surface area contributed by atoms with Crippen LogP contribution in [0, 0.1) is 10.1 Å². The first kappa shape index (κ1) is 27.4. The lowest BCUT2D eigenvalue weighted by molar-refractivity contribution is -0.384. The number of nitro benzene ring substituents is 1. The number of hydrogen-bond donors (Lipinski definition) is 1. The maximum Gasteiger partial charge on any atom is 0.295 e. The van der Waals surface area contributed by atoms with Crippen LogP contribution in [0.1, 0.15) is 5.56 Å². The molecule has 3 aromatic carbocycles. The number of nitro groups is 1. The highest BCUT2D eigenvalue weighted by Crippen LogP contribution is 2.35. The lowest BCUT2D eigenvalue weighted by atomic mass is 10.1. The van der Waals surface area contributed by atoms with Gasteiger partial charge >= 0.3 is 0 Å². The van der Waals surface area contributed by atoms with Crippen molar-refractivity contribution in [1.29, 1.82) is 0 Å². The molecule has 0 spiro atoms. The summed E-state index contributed by atoms with van der Waals surface area (Å²) in [5.74, 6) is 1.26. The molecule has 0 radical (unpaired) electrons. The number of hydrogen-bond acceptors (Lipinski definition) is 10. The normalized spacial score (nSPS) is 15.5. The summed E-state index contributed by atoms with van der Waals surface area (Å²) in [7, 11) is -3.91. The third-order valence-electron chi connectivity index (χ3n) is 6.74. The Morgan fingerprint density at radius 1 is 0.952 bits per heavy atom. The molecule has 42 heavy (non-hydrogen) atoms. The standard InChI is InChI=1S/C28H26N6O7S/c35-34(36)25-17-23(42(37,38)32-10-12-39-13-11-32)7-8-24(25)30-29-18-21-19-33(22-4-2-1-3-5-22)31-28(21)20-6-9-26-27(16-20)41-15-14-40-26/h1-9,16-19,30H,10-15H2/b29-18-. The smallest absolute Gasteiger partial charge is 0.295 e. The van der Waals surface area contributed by atoms with Crippen molar-refractivity contribution in [2.75, 3.05) is 44.9 Å². The van der Waals surface area contributed by atoms with Gasteiger partial charge in [-0.25, -0.2) is 13.1 Å². The van der Waals surface area contributed by atoms with E-state index >= 15 is 0 Å². The lowest BCUT2D eigenvalue weighted by Crippen LogP contribution is -2.40. The highest BCUT2D eigenvalue weighted by Gasteiger charge is 2.29. The van der Waals surface area contributed by atoms with E-state index in [1.807, 2.05) is 48.5 Å². The van der Waals surface area contributed by atoms with Crippen LogP contribution in [0.15, 0.2) is 82.9 Å². The number of benzene rings is 3. The Morgan fingerprint density at radius 3 is 2.48 bits per heavy atom. The van der Waals surface area contributed by atoms with Gasteiger partial charge in [-0.1, -0.05) is 18.2 Å². The number of sulfonamides is 1. The monoisotopic (exact) mass is 590 g/mol. The van der Waals surface area contributed by atoms with Gasteiger partial charge in [0.05, 0.1) is 34.9 Å². The molecule has 0 aliphatic carbocycles. The molecule has 2 aliphatic rings. The third-order valence-corrected chi connectivity index (χ3v) is 8.64. The van der Waals surface area contributed by atoms with Crippen LogP contribution in [0.5, 0.6) is 11.5 Å². The molecule has 3 heterocycles. The number of morpholine rings is 1. The Bertz CT molecular complexity index is 1750. The molecule has 4 aromatic rings. The zero-order valence-corrected chi connectivity index (χ0v) is 23.1. The maximum atomic E-state index is 13.0. The molecule has 14 heteroatoms. The Kier molecular flexibility index (Phi) is 7.56. The fourth-order valence-corrected chi connectivity index (χ4v) is 6.06. The molecule has 216 valence electrons. The van der Waals surface area contributed by atoms with Crippen molar-refractivity contribution in [2.45, 2.75) is 4.90 Å². The van der Waals surface area contributed by atoms with Gasteiger partial charge in [0.2, 0.25) is 10.0 Å². The van der Waals surface area contributed by atoms with E-state index in [0.717, 1.165) is 17.3 Å². The molecule has 0 saturated carbocycles.